The molecular weight excluding hydrogens is 220 g/mol. The Morgan fingerprint density at radius 1 is 1.24 bits per heavy atom. The van der Waals surface area contributed by atoms with E-state index in [9.17, 15) is 0 Å². The number of nitrogens with zero attached hydrogens (tertiary/aromatic N) is 1. The minimum atomic E-state index is 0.0983. The van der Waals surface area contributed by atoms with E-state index in [0.717, 1.165) is 13.0 Å². The van der Waals surface area contributed by atoms with Crippen LogP contribution in [0.15, 0.2) is 4.99 Å². The standard InChI is InChI=1S/C11H26N4O2/c1-11(2,5-7-16-3)9-14-10(15-12)13-6-8-17-4/h5-9,12H2,1-4H3,(H2,13,14,15). The largest absolute Gasteiger partial charge is 0.385 e. The Balaban J connectivity index is 4.05. The van der Waals surface area contributed by atoms with Crippen LogP contribution in [0, 0.1) is 5.41 Å². The average molecular weight is 246 g/mol. The fraction of sp³-hybridized carbons (Fsp3) is 0.909. The summed E-state index contributed by atoms with van der Waals surface area (Å²) in [6.07, 6.45) is 0.961. The number of ether oxygens (including phenoxy) is 2. The highest BCUT2D eigenvalue weighted by Crippen LogP contribution is 2.20. The van der Waals surface area contributed by atoms with E-state index in [2.05, 4.69) is 29.6 Å². The third-order valence-electron chi connectivity index (χ3n) is 2.38. The van der Waals surface area contributed by atoms with Gasteiger partial charge in [-0.3, -0.25) is 10.4 Å². The second-order valence-corrected chi connectivity index (χ2v) is 4.64. The third kappa shape index (κ3) is 8.91. The summed E-state index contributed by atoms with van der Waals surface area (Å²) in [7, 11) is 3.36. The lowest BCUT2D eigenvalue weighted by molar-refractivity contribution is 0.155. The van der Waals surface area contributed by atoms with Crippen molar-refractivity contribution >= 4 is 5.96 Å². The summed E-state index contributed by atoms with van der Waals surface area (Å²) in [5, 5.41) is 3.06. The van der Waals surface area contributed by atoms with Gasteiger partial charge in [0, 0.05) is 33.9 Å². The first-order chi connectivity index (χ1) is 8.05. The van der Waals surface area contributed by atoms with Gasteiger partial charge in [0.2, 0.25) is 5.96 Å². The molecule has 0 atom stereocenters. The Kier molecular flexibility index (Phi) is 8.75. The zero-order valence-corrected chi connectivity index (χ0v) is 11.4. The Hall–Kier alpha value is -0.850. The van der Waals surface area contributed by atoms with Gasteiger partial charge in [0.15, 0.2) is 0 Å². The molecule has 102 valence electrons. The molecule has 6 heteroatoms. The highest BCUT2D eigenvalue weighted by Gasteiger charge is 2.17. The second kappa shape index (κ2) is 9.21. The number of guanidine groups is 1. The van der Waals surface area contributed by atoms with Crippen LogP contribution in [0.2, 0.25) is 0 Å². The lowest BCUT2D eigenvalue weighted by atomic mass is 9.90. The molecule has 0 heterocycles. The molecule has 0 amide bonds. The van der Waals surface area contributed by atoms with Crippen LogP contribution < -0.4 is 16.6 Å². The number of aliphatic imine (C=N–C) groups is 1. The fourth-order valence-corrected chi connectivity index (χ4v) is 1.17. The molecule has 0 saturated heterocycles. The monoisotopic (exact) mass is 246 g/mol. The van der Waals surface area contributed by atoms with Crippen molar-refractivity contribution in [1.82, 2.24) is 10.7 Å². The van der Waals surface area contributed by atoms with Crippen molar-refractivity contribution in [2.75, 3.05) is 40.5 Å². The van der Waals surface area contributed by atoms with Gasteiger partial charge in [-0.15, -0.1) is 0 Å². The molecule has 6 nitrogen and oxygen atoms in total. The number of hydrogen-bond donors (Lipinski definition) is 3. The quantitative estimate of drug-likeness (QED) is 0.186. The predicted octanol–water partition coefficient (Wildman–Crippen LogP) is 0.104. The van der Waals surface area contributed by atoms with E-state index < -0.39 is 0 Å². The van der Waals surface area contributed by atoms with Gasteiger partial charge in [0.05, 0.1) is 6.61 Å². The van der Waals surface area contributed by atoms with E-state index >= 15 is 0 Å². The van der Waals surface area contributed by atoms with Crippen LogP contribution >= 0.6 is 0 Å². The van der Waals surface area contributed by atoms with Gasteiger partial charge >= 0.3 is 0 Å². The van der Waals surface area contributed by atoms with Crippen molar-refractivity contribution < 1.29 is 9.47 Å². The van der Waals surface area contributed by atoms with Crippen molar-refractivity contribution in [3.8, 4) is 0 Å². The first-order valence-electron chi connectivity index (χ1n) is 5.78. The van der Waals surface area contributed by atoms with Crippen molar-refractivity contribution in [2.45, 2.75) is 20.3 Å². The highest BCUT2D eigenvalue weighted by atomic mass is 16.5. The first-order valence-corrected chi connectivity index (χ1v) is 5.78. The summed E-state index contributed by atoms with van der Waals surface area (Å²) in [5.41, 5.74) is 2.64. The van der Waals surface area contributed by atoms with Crippen molar-refractivity contribution in [1.29, 1.82) is 0 Å². The summed E-state index contributed by atoms with van der Waals surface area (Å²) in [6, 6.07) is 0. The summed E-state index contributed by atoms with van der Waals surface area (Å²) < 4.78 is 10.0. The molecule has 0 aliphatic rings. The zero-order chi connectivity index (χ0) is 13.1. The van der Waals surface area contributed by atoms with Gasteiger partial charge in [0.25, 0.3) is 0 Å². The van der Waals surface area contributed by atoms with Crippen molar-refractivity contribution in [2.24, 2.45) is 16.3 Å². The zero-order valence-electron chi connectivity index (χ0n) is 11.4. The van der Waals surface area contributed by atoms with E-state index in [1.54, 1.807) is 14.2 Å². The van der Waals surface area contributed by atoms with E-state index in [-0.39, 0.29) is 5.41 Å². The molecule has 0 aliphatic heterocycles. The number of hydrazine groups is 1. The molecule has 0 bridgehead atoms. The number of rotatable bonds is 8. The number of nitrogens with one attached hydrogen (secondary N) is 2. The summed E-state index contributed by atoms with van der Waals surface area (Å²) in [4.78, 5) is 4.40. The van der Waals surface area contributed by atoms with Gasteiger partial charge in [-0.05, 0) is 11.8 Å². The molecule has 0 aromatic rings. The summed E-state index contributed by atoms with van der Waals surface area (Å²) >= 11 is 0. The smallest absolute Gasteiger partial charge is 0.205 e. The molecule has 0 aliphatic carbocycles. The molecule has 0 saturated carbocycles. The van der Waals surface area contributed by atoms with E-state index in [1.165, 1.54) is 0 Å². The van der Waals surface area contributed by atoms with Crippen molar-refractivity contribution in [3.63, 3.8) is 0 Å². The van der Waals surface area contributed by atoms with Crippen molar-refractivity contribution in [3.05, 3.63) is 0 Å². The van der Waals surface area contributed by atoms with Gasteiger partial charge in [-0.1, -0.05) is 13.8 Å². The Labute approximate surface area is 104 Å². The van der Waals surface area contributed by atoms with Gasteiger partial charge in [-0.25, -0.2) is 5.84 Å². The molecule has 0 radical (unpaired) electrons. The first kappa shape index (κ1) is 16.1. The van der Waals surface area contributed by atoms with Gasteiger partial charge in [0.1, 0.15) is 0 Å². The van der Waals surface area contributed by atoms with E-state index in [4.69, 9.17) is 15.3 Å². The number of nitrogens with two attached hydrogens (primary N) is 1. The molecule has 0 rings (SSSR count). The molecule has 4 N–H and O–H groups in total. The van der Waals surface area contributed by atoms with Gasteiger partial charge < -0.3 is 14.8 Å². The Morgan fingerprint density at radius 2 is 1.88 bits per heavy atom. The molecule has 0 aromatic carbocycles. The Morgan fingerprint density at radius 3 is 2.41 bits per heavy atom. The van der Waals surface area contributed by atoms with Gasteiger partial charge in [-0.2, -0.15) is 0 Å². The predicted molar refractivity (Wildman–Crippen MR) is 69.8 cm³/mol. The van der Waals surface area contributed by atoms with Crippen LogP contribution in [0.5, 0.6) is 0 Å². The Bertz CT molecular complexity index is 220. The average Bonchev–Trinajstić information content (AvgIpc) is 2.31. The molecule has 0 aromatic heterocycles. The van der Waals surface area contributed by atoms with E-state index in [1.807, 2.05) is 0 Å². The maximum absolute atomic E-state index is 5.38. The van der Waals surface area contributed by atoms with Crippen LogP contribution in [0.1, 0.15) is 20.3 Å². The fourth-order valence-electron chi connectivity index (χ4n) is 1.17. The summed E-state index contributed by atoms with van der Waals surface area (Å²) in [6.45, 7) is 7.03. The summed E-state index contributed by atoms with van der Waals surface area (Å²) in [5.74, 6) is 5.97. The lowest BCUT2D eigenvalue weighted by Crippen LogP contribution is -2.43. The highest BCUT2D eigenvalue weighted by molar-refractivity contribution is 5.79. The van der Waals surface area contributed by atoms with Crippen LogP contribution in [0.25, 0.3) is 0 Å². The lowest BCUT2D eigenvalue weighted by Gasteiger charge is -2.22. The molecule has 0 unspecified atom stereocenters. The molecule has 0 spiro atoms. The maximum Gasteiger partial charge on any atom is 0.205 e. The topological polar surface area (TPSA) is 80.9 Å². The molecular formula is C11H26N4O2. The van der Waals surface area contributed by atoms with Crippen LogP contribution in [-0.4, -0.2) is 46.5 Å². The van der Waals surface area contributed by atoms with E-state index in [0.29, 0.717) is 25.7 Å². The van der Waals surface area contributed by atoms with Crippen LogP contribution in [0.3, 0.4) is 0 Å². The van der Waals surface area contributed by atoms with Crippen LogP contribution in [-0.2, 0) is 9.47 Å². The van der Waals surface area contributed by atoms with Crippen LogP contribution in [0.4, 0.5) is 0 Å². The minimum Gasteiger partial charge on any atom is -0.385 e. The second-order valence-electron chi connectivity index (χ2n) is 4.64. The molecule has 0 fully saturated rings. The number of methoxy groups -OCH3 is 2. The number of hydrogen-bond acceptors (Lipinski definition) is 4. The maximum atomic E-state index is 5.38. The molecule has 17 heavy (non-hydrogen) atoms. The third-order valence-corrected chi connectivity index (χ3v) is 2.38. The SMILES string of the molecule is COCCNC(=NCC(C)(C)CCOC)NN. The normalized spacial score (nSPS) is 12.6. The minimum absolute atomic E-state index is 0.0983.